The van der Waals surface area contributed by atoms with E-state index in [4.69, 9.17) is 0 Å². The molecule has 0 saturated carbocycles. The second-order valence-corrected chi connectivity index (χ2v) is 8.03. The van der Waals surface area contributed by atoms with Gasteiger partial charge in [-0.25, -0.2) is 9.98 Å². The van der Waals surface area contributed by atoms with Crippen molar-refractivity contribution < 1.29 is 0 Å². The van der Waals surface area contributed by atoms with Crippen molar-refractivity contribution in [3.63, 3.8) is 0 Å². The number of imidazole rings is 1. The molecule has 1 unspecified atom stereocenters. The number of benzene rings is 1. The number of hydrogen-bond acceptors (Lipinski definition) is 4. The van der Waals surface area contributed by atoms with Gasteiger partial charge in [-0.15, -0.1) is 47.1 Å². The van der Waals surface area contributed by atoms with Crippen LogP contribution in [0.4, 0.5) is 0 Å². The van der Waals surface area contributed by atoms with Gasteiger partial charge in [-0.3, -0.25) is 4.40 Å². The summed E-state index contributed by atoms with van der Waals surface area (Å²) in [4.78, 5) is 11.5. The van der Waals surface area contributed by atoms with Gasteiger partial charge in [0.2, 0.25) is 0 Å². The van der Waals surface area contributed by atoms with Gasteiger partial charge in [-0.2, -0.15) is 0 Å². The first-order valence-corrected chi connectivity index (χ1v) is 10.2. The van der Waals surface area contributed by atoms with Crippen molar-refractivity contribution >= 4 is 58.0 Å². The minimum Gasteiger partial charge on any atom is -0.357 e. The highest BCUT2D eigenvalue weighted by atomic mass is 127. The molecule has 140 valence electrons. The predicted octanol–water partition coefficient (Wildman–Crippen LogP) is 4.25. The summed E-state index contributed by atoms with van der Waals surface area (Å²) in [5.74, 6) is 0.833. The Morgan fingerprint density at radius 2 is 2.12 bits per heavy atom. The molecule has 0 radical (unpaired) electrons. The Balaban J connectivity index is 0.00000243. The number of aliphatic imine (C=N–C) groups is 1. The second-order valence-electron chi connectivity index (χ2n) is 5.64. The van der Waals surface area contributed by atoms with Crippen LogP contribution in [0.25, 0.3) is 4.96 Å². The average molecular weight is 501 g/mol. The molecule has 0 aliphatic carbocycles. The van der Waals surface area contributed by atoms with Crippen LogP contribution in [0.1, 0.15) is 19.5 Å². The third kappa shape index (κ3) is 6.17. The van der Waals surface area contributed by atoms with E-state index in [1.54, 1.807) is 11.3 Å². The predicted molar refractivity (Wildman–Crippen MR) is 123 cm³/mol. The van der Waals surface area contributed by atoms with Crippen LogP contribution in [0.2, 0.25) is 0 Å². The Kier molecular flexibility index (Phi) is 8.73. The number of fused-ring (bicyclic) bond motifs is 1. The van der Waals surface area contributed by atoms with Gasteiger partial charge in [0, 0.05) is 41.0 Å². The summed E-state index contributed by atoms with van der Waals surface area (Å²) >= 11 is 3.50. The molecule has 0 amide bonds. The van der Waals surface area contributed by atoms with Crippen molar-refractivity contribution in [3.8, 4) is 0 Å². The molecule has 0 fully saturated rings. The monoisotopic (exact) mass is 501 g/mol. The quantitative estimate of drug-likeness (QED) is 0.220. The molecule has 0 aliphatic heterocycles. The van der Waals surface area contributed by atoms with E-state index in [9.17, 15) is 0 Å². The van der Waals surface area contributed by atoms with E-state index >= 15 is 0 Å². The molecule has 5 nitrogen and oxygen atoms in total. The molecule has 26 heavy (non-hydrogen) atoms. The fourth-order valence-corrected chi connectivity index (χ4v) is 4.03. The third-order valence-electron chi connectivity index (χ3n) is 3.52. The number of nitrogens with zero attached hydrogens (tertiary/aromatic N) is 3. The molecule has 1 atom stereocenters. The van der Waals surface area contributed by atoms with Gasteiger partial charge in [-0.05, 0) is 19.1 Å². The van der Waals surface area contributed by atoms with Crippen LogP contribution in [-0.2, 0) is 6.54 Å². The number of nitrogens with one attached hydrogen (secondary N) is 2. The molecule has 1 aromatic carbocycles. The van der Waals surface area contributed by atoms with Crippen molar-refractivity contribution in [2.24, 2.45) is 4.99 Å². The van der Waals surface area contributed by atoms with Crippen LogP contribution >= 0.6 is 47.1 Å². The Hall–Kier alpha value is -1.26. The summed E-state index contributed by atoms with van der Waals surface area (Å²) in [5, 5.41) is 9.20. The highest BCUT2D eigenvalue weighted by Gasteiger charge is 2.07. The minimum atomic E-state index is 0. The number of hydrogen-bond donors (Lipinski definition) is 2. The molecule has 0 saturated heterocycles. The van der Waals surface area contributed by atoms with Gasteiger partial charge in [0.25, 0.3) is 0 Å². The number of guanidine groups is 1. The highest BCUT2D eigenvalue weighted by molar-refractivity contribution is 14.0. The largest absolute Gasteiger partial charge is 0.357 e. The van der Waals surface area contributed by atoms with E-state index < -0.39 is 0 Å². The Morgan fingerprint density at radius 1 is 1.31 bits per heavy atom. The van der Waals surface area contributed by atoms with Crippen LogP contribution in [0.15, 0.2) is 58.0 Å². The van der Waals surface area contributed by atoms with Gasteiger partial charge in [0.1, 0.15) is 0 Å². The maximum absolute atomic E-state index is 4.65. The lowest BCUT2D eigenvalue weighted by molar-refractivity contribution is 0.793. The summed E-state index contributed by atoms with van der Waals surface area (Å²) in [6, 6.07) is 10.5. The lowest BCUT2D eigenvalue weighted by Gasteiger charge is -2.15. The van der Waals surface area contributed by atoms with Crippen molar-refractivity contribution in [2.45, 2.75) is 30.5 Å². The zero-order valence-electron chi connectivity index (χ0n) is 14.9. The molecule has 2 N–H and O–H groups in total. The molecule has 3 rings (SSSR count). The molecule has 0 spiro atoms. The molecule has 0 bridgehead atoms. The number of thiazole rings is 1. The number of aromatic nitrogens is 2. The van der Waals surface area contributed by atoms with Crippen LogP contribution in [-0.4, -0.2) is 33.7 Å². The number of rotatable bonds is 7. The van der Waals surface area contributed by atoms with E-state index in [-0.39, 0.29) is 24.0 Å². The first kappa shape index (κ1) is 21.0. The highest BCUT2D eigenvalue weighted by Crippen LogP contribution is 2.21. The van der Waals surface area contributed by atoms with Crippen molar-refractivity contribution in [1.82, 2.24) is 20.0 Å². The lowest BCUT2D eigenvalue weighted by Crippen LogP contribution is -2.40. The van der Waals surface area contributed by atoms with Crippen LogP contribution in [0.5, 0.6) is 0 Å². The summed E-state index contributed by atoms with van der Waals surface area (Å²) in [7, 11) is 0. The fraction of sp³-hybridized carbons (Fsp3) is 0.333. The molecule has 2 aromatic heterocycles. The molecular formula is C18H24IN5S2. The van der Waals surface area contributed by atoms with Crippen molar-refractivity contribution in [3.05, 3.63) is 53.8 Å². The van der Waals surface area contributed by atoms with E-state index in [1.165, 1.54) is 4.90 Å². The standard InChI is InChI=1S/C18H23N5S2.HI/c1-3-19-17(20-11-14(2)25-16-7-5-4-6-8-16)21-12-15-13-23-9-10-24-18(23)22-15;/h4-10,13-14H,3,11-12H2,1-2H3,(H2,19,20,21);1H. The first-order chi connectivity index (χ1) is 12.2. The first-order valence-electron chi connectivity index (χ1n) is 8.39. The Morgan fingerprint density at radius 3 is 2.85 bits per heavy atom. The summed E-state index contributed by atoms with van der Waals surface area (Å²) in [6.45, 7) is 6.56. The molecule has 2 heterocycles. The summed E-state index contributed by atoms with van der Waals surface area (Å²) in [5.41, 5.74) is 0.982. The average Bonchev–Trinajstić information content (AvgIpc) is 3.20. The van der Waals surface area contributed by atoms with Crippen molar-refractivity contribution in [2.75, 3.05) is 13.1 Å². The van der Waals surface area contributed by atoms with E-state index in [2.05, 4.69) is 58.7 Å². The van der Waals surface area contributed by atoms with Gasteiger partial charge < -0.3 is 10.6 Å². The minimum absolute atomic E-state index is 0. The number of thioether (sulfide) groups is 1. The zero-order chi connectivity index (χ0) is 17.5. The maximum Gasteiger partial charge on any atom is 0.193 e. The van der Waals surface area contributed by atoms with Gasteiger partial charge in [0.15, 0.2) is 10.9 Å². The van der Waals surface area contributed by atoms with Crippen LogP contribution in [0.3, 0.4) is 0 Å². The van der Waals surface area contributed by atoms with E-state index in [1.807, 2.05) is 40.0 Å². The lowest BCUT2D eigenvalue weighted by atomic mass is 10.4. The van der Waals surface area contributed by atoms with Gasteiger partial charge >= 0.3 is 0 Å². The Labute approximate surface area is 179 Å². The third-order valence-corrected chi connectivity index (χ3v) is 5.41. The van der Waals surface area contributed by atoms with Crippen LogP contribution in [0, 0.1) is 0 Å². The van der Waals surface area contributed by atoms with Crippen molar-refractivity contribution in [1.29, 1.82) is 0 Å². The Bertz CT molecular complexity index is 787. The SMILES string of the molecule is CCNC(=NCc1cn2ccsc2n1)NCC(C)Sc1ccccc1.I. The van der Waals surface area contributed by atoms with Gasteiger partial charge in [-0.1, -0.05) is 25.1 Å². The number of halogens is 1. The fourth-order valence-electron chi connectivity index (χ4n) is 2.37. The maximum atomic E-state index is 4.65. The van der Waals surface area contributed by atoms with Gasteiger partial charge in [0.05, 0.1) is 12.2 Å². The van der Waals surface area contributed by atoms with E-state index in [0.717, 1.165) is 29.7 Å². The molecule has 0 aliphatic rings. The summed E-state index contributed by atoms with van der Waals surface area (Å²) in [6.07, 6.45) is 4.05. The zero-order valence-corrected chi connectivity index (χ0v) is 18.8. The smallest absolute Gasteiger partial charge is 0.193 e. The molecule has 8 heteroatoms. The molecule has 3 aromatic rings. The topological polar surface area (TPSA) is 53.7 Å². The normalized spacial score (nSPS) is 12.6. The second kappa shape index (κ2) is 10.8. The summed E-state index contributed by atoms with van der Waals surface area (Å²) < 4.78 is 2.04. The van der Waals surface area contributed by atoms with Crippen LogP contribution < -0.4 is 10.6 Å². The van der Waals surface area contributed by atoms with E-state index in [0.29, 0.717) is 11.8 Å². The molecular weight excluding hydrogens is 477 g/mol.